The molecule has 0 radical (unpaired) electrons. The summed E-state index contributed by atoms with van der Waals surface area (Å²) in [4.78, 5) is 30.2. The van der Waals surface area contributed by atoms with Crippen LogP contribution in [0.2, 0.25) is 5.02 Å². The van der Waals surface area contributed by atoms with E-state index in [9.17, 15) is 9.59 Å². The molecule has 1 spiro atoms. The Hall–Kier alpha value is -2.96. The largest absolute Gasteiger partial charge is 0.323 e. The number of urea groups is 1. The second-order valence-corrected chi connectivity index (χ2v) is 11.8. The summed E-state index contributed by atoms with van der Waals surface area (Å²) in [5.74, 6) is -0.122. The number of halogens is 1. The fourth-order valence-corrected chi connectivity index (χ4v) is 6.71. The predicted molar refractivity (Wildman–Crippen MR) is 139 cm³/mol. The highest BCUT2D eigenvalue weighted by Crippen LogP contribution is 2.60. The van der Waals surface area contributed by atoms with Gasteiger partial charge in [-0.15, -0.1) is 11.8 Å². The molecule has 1 fully saturated rings. The molecule has 2 aliphatic heterocycles. The average Bonchev–Trinajstić information content (AvgIpc) is 3.21. The highest BCUT2D eigenvalue weighted by Gasteiger charge is 2.63. The summed E-state index contributed by atoms with van der Waals surface area (Å²) in [5, 5.41) is 3.55. The minimum atomic E-state index is -1.19. The Kier molecular flexibility index (Phi) is 5.61. The minimum Gasteiger partial charge on any atom is -0.308 e. The van der Waals surface area contributed by atoms with Crippen LogP contribution in [0.3, 0.4) is 0 Å². The van der Waals surface area contributed by atoms with Gasteiger partial charge in [0.2, 0.25) is 0 Å². The molecule has 7 heteroatoms. The molecule has 1 saturated heterocycles. The standard InChI is InChI=1S/C27H26ClN3O2S/c1-18-8-7-11-21(14-18)29-25(33)31-17-26(2,3)34-27(31)22-15-20(28)12-13-23(22)30(24(27)32)16-19-9-5-4-6-10-19/h4-15H,16-17H2,1-3H3,(H,29,33)/t27-/m0/s1. The molecule has 0 saturated carbocycles. The van der Waals surface area contributed by atoms with Crippen LogP contribution in [-0.2, 0) is 16.2 Å². The lowest BCUT2D eigenvalue weighted by molar-refractivity contribution is -0.123. The van der Waals surface area contributed by atoms with E-state index in [2.05, 4.69) is 19.2 Å². The molecule has 3 aromatic rings. The molecule has 174 valence electrons. The Morgan fingerprint density at radius 3 is 2.56 bits per heavy atom. The maximum Gasteiger partial charge on any atom is 0.323 e. The van der Waals surface area contributed by atoms with Gasteiger partial charge in [0.05, 0.1) is 12.2 Å². The van der Waals surface area contributed by atoms with E-state index in [-0.39, 0.29) is 16.7 Å². The lowest BCUT2D eigenvalue weighted by Gasteiger charge is -2.33. The van der Waals surface area contributed by atoms with E-state index in [1.54, 1.807) is 15.9 Å². The second kappa shape index (κ2) is 8.36. The van der Waals surface area contributed by atoms with Gasteiger partial charge in [0, 0.05) is 27.6 Å². The zero-order valence-corrected chi connectivity index (χ0v) is 20.9. The molecule has 3 amide bonds. The highest BCUT2D eigenvalue weighted by atomic mass is 35.5. The van der Waals surface area contributed by atoms with Crippen molar-refractivity contribution in [3.8, 4) is 0 Å². The van der Waals surface area contributed by atoms with Crippen LogP contribution in [0.1, 0.15) is 30.5 Å². The van der Waals surface area contributed by atoms with Gasteiger partial charge in [-0.05, 0) is 62.2 Å². The molecule has 0 aromatic heterocycles. The maximum absolute atomic E-state index is 14.3. The van der Waals surface area contributed by atoms with Crippen molar-refractivity contribution in [2.45, 2.75) is 36.9 Å². The summed E-state index contributed by atoms with van der Waals surface area (Å²) >= 11 is 7.94. The number of nitrogens with one attached hydrogen (secondary N) is 1. The molecule has 1 atom stereocenters. The maximum atomic E-state index is 14.3. The number of carbonyl (C=O) groups excluding carboxylic acids is 2. The monoisotopic (exact) mass is 491 g/mol. The van der Waals surface area contributed by atoms with E-state index in [0.717, 1.165) is 22.4 Å². The quantitative estimate of drug-likeness (QED) is 0.460. The number of rotatable bonds is 3. The average molecular weight is 492 g/mol. The highest BCUT2D eigenvalue weighted by molar-refractivity contribution is 8.02. The van der Waals surface area contributed by atoms with Gasteiger partial charge in [-0.3, -0.25) is 9.69 Å². The number of amides is 3. The molecular weight excluding hydrogens is 466 g/mol. The van der Waals surface area contributed by atoms with Crippen molar-refractivity contribution in [3.05, 3.63) is 94.5 Å². The third kappa shape index (κ3) is 3.85. The fraction of sp³-hybridized carbons (Fsp3) is 0.259. The van der Waals surface area contributed by atoms with E-state index in [0.29, 0.717) is 23.8 Å². The van der Waals surface area contributed by atoms with Crippen LogP contribution in [0, 0.1) is 6.92 Å². The normalized spacial score (nSPS) is 20.6. The minimum absolute atomic E-state index is 0.122. The summed E-state index contributed by atoms with van der Waals surface area (Å²) in [7, 11) is 0. The van der Waals surface area contributed by atoms with Crippen molar-refractivity contribution in [1.29, 1.82) is 0 Å². The summed E-state index contributed by atoms with van der Waals surface area (Å²) in [6, 6.07) is 22.8. The van der Waals surface area contributed by atoms with Crippen LogP contribution in [0.15, 0.2) is 72.8 Å². The first-order valence-electron chi connectivity index (χ1n) is 11.2. The molecule has 2 heterocycles. The Balaban J connectivity index is 1.59. The molecule has 0 bridgehead atoms. The van der Waals surface area contributed by atoms with Crippen LogP contribution in [-0.4, -0.2) is 28.1 Å². The zero-order valence-electron chi connectivity index (χ0n) is 19.3. The van der Waals surface area contributed by atoms with E-state index in [1.807, 2.05) is 73.7 Å². The molecule has 3 aromatic carbocycles. The van der Waals surface area contributed by atoms with Crippen LogP contribution in [0.4, 0.5) is 16.2 Å². The van der Waals surface area contributed by atoms with E-state index in [4.69, 9.17) is 11.6 Å². The second-order valence-electron chi connectivity index (χ2n) is 9.43. The summed E-state index contributed by atoms with van der Waals surface area (Å²) in [6.45, 7) is 6.95. The van der Waals surface area contributed by atoms with E-state index >= 15 is 0 Å². The van der Waals surface area contributed by atoms with Crippen LogP contribution < -0.4 is 10.2 Å². The zero-order chi connectivity index (χ0) is 24.1. The number of benzene rings is 3. The van der Waals surface area contributed by atoms with Gasteiger partial charge in [0.1, 0.15) is 0 Å². The first-order valence-corrected chi connectivity index (χ1v) is 12.4. The van der Waals surface area contributed by atoms with E-state index in [1.165, 1.54) is 11.8 Å². The lowest BCUT2D eigenvalue weighted by Crippen LogP contribution is -2.51. The third-order valence-electron chi connectivity index (χ3n) is 6.19. The van der Waals surface area contributed by atoms with Gasteiger partial charge < -0.3 is 10.2 Å². The number of fused-ring (bicyclic) bond motifs is 2. The van der Waals surface area contributed by atoms with Crippen molar-refractivity contribution in [3.63, 3.8) is 0 Å². The summed E-state index contributed by atoms with van der Waals surface area (Å²) in [6.07, 6.45) is 0. The number of carbonyl (C=O) groups is 2. The van der Waals surface area contributed by atoms with Gasteiger partial charge in [0.25, 0.3) is 5.91 Å². The number of anilines is 2. The molecular formula is C27H26ClN3O2S. The Labute approximate surface area is 209 Å². The van der Waals surface area contributed by atoms with Crippen molar-refractivity contribution in [2.24, 2.45) is 0 Å². The van der Waals surface area contributed by atoms with Crippen LogP contribution >= 0.6 is 23.4 Å². The van der Waals surface area contributed by atoms with Gasteiger partial charge in [-0.2, -0.15) is 0 Å². The Morgan fingerprint density at radius 2 is 1.82 bits per heavy atom. The van der Waals surface area contributed by atoms with Gasteiger partial charge in [-0.1, -0.05) is 54.1 Å². The smallest absolute Gasteiger partial charge is 0.308 e. The number of hydrogen-bond donors (Lipinski definition) is 1. The molecule has 2 aliphatic rings. The van der Waals surface area contributed by atoms with Crippen molar-refractivity contribution >= 4 is 46.7 Å². The topological polar surface area (TPSA) is 52.7 Å². The van der Waals surface area contributed by atoms with Crippen molar-refractivity contribution in [1.82, 2.24) is 4.90 Å². The Bertz CT molecular complexity index is 1280. The number of hydrogen-bond acceptors (Lipinski definition) is 3. The number of nitrogens with zero attached hydrogens (tertiary/aromatic N) is 2. The van der Waals surface area contributed by atoms with Crippen LogP contribution in [0.25, 0.3) is 0 Å². The van der Waals surface area contributed by atoms with Gasteiger partial charge in [-0.25, -0.2) is 4.79 Å². The molecule has 5 nitrogen and oxygen atoms in total. The molecule has 1 N–H and O–H groups in total. The third-order valence-corrected chi connectivity index (χ3v) is 8.02. The number of aryl methyl sites for hydroxylation is 1. The molecule has 0 unspecified atom stereocenters. The molecule has 5 rings (SSSR count). The first-order chi connectivity index (χ1) is 16.2. The predicted octanol–water partition coefficient (Wildman–Crippen LogP) is 6.41. The molecule has 0 aliphatic carbocycles. The lowest BCUT2D eigenvalue weighted by atomic mass is 10.0. The van der Waals surface area contributed by atoms with E-state index < -0.39 is 4.87 Å². The van der Waals surface area contributed by atoms with Crippen molar-refractivity contribution in [2.75, 3.05) is 16.8 Å². The molecule has 34 heavy (non-hydrogen) atoms. The fourth-order valence-electron chi connectivity index (χ4n) is 4.81. The summed E-state index contributed by atoms with van der Waals surface area (Å²) in [5.41, 5.74) is 4.32. The SMILES string of the molecule is Cc1cccc(NC(=O)N2CC(C)(C)S[C@@]23C(=O)N(Cc2ccccc2)c2ccc(Cl)cc23)c1. The number of thioether (sulfide) groups is 1. The van der Waals surface area contributed by atoms with Crippen molar-refractivity contribution < 1.29 is 9.59 Å². The van der Waals surface area contributed by atoms with Gasteiger partial charge >= 0.3 is 6.03 Å². The summed E-state index contributed by atoms with van der Waals surface area (Å²) < 4.78 is -0.331. The Morgan fingerprint density at radius 1 is 1.06 bits per heavy atom. The van der Waals surface area contributed by atoms with Crippen LogP contribution in [0.5, 0.6) is 0 Å². The van der Waals surface area contributed by atoms with Gasteiger partial charge in [0.15, 0.2) is 4.87 Å². The first kappa shape index (κ1) is 22.8.